The molecule has 1 unspecified atom stereocenters. The molecule has 0 spiro atoms. The largest absolute Gasteiger partial charge is 0.464 e. The van der Waals surface area contributed by atoms with Gasteiger partial charge in [0.25, 0.3) is 0 Å². The highest BCUT2D eigenvalue weighted by molar-refractivity contribution is 5.78. The predicted octanol–water partition coefficient (Wildman–Crippen LogP) is 3.15. The fraction of sp³-hybridized carbons (Fsp3) is 0.929. The maximum atomic E-state index is 11.3. The lowest BCUT2D eigenvalue weighted by Crippen LogP contribution is -2.33. The van der Waals surface area contributed by atoms with E-state index < -0.39 is 11.6 Å². The van der Waals surface area contributed by atoms with Crippen molar-refractivity contribution >= 4 is 5.97 Å². The Morgan fingerprint density at radius 3 is 2.24 bits per heavy atom. The number of aliphatic hydroxyl groups is 1. The number of ether oxygens (including phenoxy) is 1. The molecule has 0 heterocycles. The molecule has 1 atom stereocenters. The van der Waals surface area contributed by atoms with Crippen molar-refractivity contribution in [2.24, 2.45) is 11.8 Å². The summed E-state index contributed by atoms with van der Waals surface area (Å²) in [6.45, 7) is 9.94. The molecular formula is C14H28O3. The number of rotatable bonds is 8. The van der Waals surface area contributed by atoms with Crippen LogP contribution in [0.1, 0.15) is 60.3 Å². The van der Waals surface area contributed by atoms with E-state index in [1.807, 2.05) is 0 Å². The van der Waals surface area contributed by atoms with Crippen LogP contribution >= 0.6 is 0 Å². The Bertz CT molecular complexity index is 216. The van der Waals surface area contributed by atoms with Gasteiger partial charge in [-0.05, 0) is 32.1 Å². The molecule has 0 aromatic rings. The van der Waals surface area contributed by atoms with Gasteiger partial charge in [0, 0.05) is 0 Å². The zero-order valence-corrected chi connectivity index (χ0v) is 12.0. The van der Waals surface area contributed by atoms with Gasteiger partial charge in [-0.1, -0.05) is 40.0 Å². The normalized spacial score (nSPS) is 13.8. The van der Waals surface area contributed by atoms with E-state index in [0.717, 1.165) is 12.3 Å². The highest BCUT2D eigenvalue weighted by Crippen LogP contribution is 2.15. The first-order chi connectivity index (χ1) is 7.73. The fourth-order valence-corrected chi connectivity index (χ4v) is 1.55. The molecule has 0 radical (unpaired) electrons. The zero-order valence-electron chi connectivity index (χ0n) is 12.0. The first-order valence-corrected chi connectivity index (χ1v) is 6.63. The van der Waals surface area contributed by atoms with E-state index >= 15 is 0 Å². The third-order valence-electron chi connectivity index (χ3n) is 2.82. The van der Waals surface area contributed by atoms with Crippen LogP contribution < -0.4 is 0 Å². The van der Waals surface area contributed by atoms with Crippen LogP contribution in [0.3, 0.4) is 0 Å². The Morgan fingerprint density at radius 1 is 1.18 bits per heavy atom. The average Bonchev–Trinajstić information content (AvgIpc) is 2.15. The van der Waals surface area contributed by atoms with Crippen molar-refractivity contribution in [2.45, 2.75) is 65.9 Å². The molecule has 0 saturated carbocycles. The van der Waals surface area contributed by atoms with Crippen molar-refractivity contribution in [3.8, 4) is 0 Å². The Kier molecular flexibility index (Phi) is 7.44. The minimum absolute atomic E-state index is 0.408. The number of hydrogen-bond acceptors (Lipinski definition) is 3. The minimum atomic E-state index is -1.37. The first-order valence-electron chi connectivity index (χ1n) is 6.63. The van der Waals surface area contributed by atoms with Gasteiger partial charge in [0.15, 0.2) is 5.60 Å². The van der Waals surface area contributed by atoms with E-state index in [1.165, 1.54) is 33.1 Å². The quantitative estimate of drug-likeness (QED) is 0.667. The maximum Gasteiger partial charge on any atom is 0.337 e. The Hall–Kier alpha value is -0.570. The SMILES string of the molecule is CC(C)CCCC(C)CCOC(=O)C(C)(C)O. The number of carbonyl (C=O) groups is 1. The molecule has 17 heavy (non-hydrogen) atoms. The molecule has 0 aliphatic carbocycles. The second-order valence-electron chi connectivity index (χ2n) is 5.91. The number of hydrogen-bond donors (Lipinski definition) is 1. The van der Waals surface area contributed by atoms with Gasteiger partial charge in [0.05, 0.1) is 6.61 Å². The maximum absolute atomic E-state index is 11.3. The van der Waals surface area contributed by atoms with Crippen LogP contribution in [0, 0.1) is 11.8 Å². The van der Waals surface area contributed by atoms with E-state index in [0.29, 0.717) is 12.5 Å². The van der Waals surface area contributed by atoms with Crippen LogP contribution in [-0.2, 0) is 9.53 Å². The van der Waals surface area contributed by atoms with Gasteiger partial charge >= 0.3 is 5.97 Å². The molecular weight excluding hydrogens is 216 g/mol. The summed E-state index contributed by atoms with van der Waals surface area (Å²) in [5.74, 6) is 0.797. The standard InChI is InChI=1S/C14H28O3/c1-11(2)7-6-8-12(3)9-10-17-13(15)14(4,5)16/h11-12,16H,6-10H2,1-5H3. The van der Waals surface area contributed by atoms with E-state index in [1.54, 1.807) is 0 Å². The Morgan fingerprint density at radius 2 is 1.76 bits per heavy atom. The molecule has 0 fully saturated rings. The lowest BCUT2D eigenvalue weighted by atomic mass is 9.98. The molecule has 0 aliphatic rings. The second kappa shape index (κ2) is 7.70. The second-order valence-corrected chi connectivity index (χ2v) is 5.91. The third-order valence-corrected chi connectivity index (χ3v) is 2.82. The van der Waals surface area contributed by atoms with Gasteiger partial charge in [-0.25, -0.2) is 4.79 Å². The Balaban J connectivity index is 3.58. The summed E-state index contributed by atoms with van der Waals surface area (Å²) in [4.78, 5) is 11.3. The number of esters is 1. The fourth-order valence-electron chi connectivity index (χ4n) is 1.55. The highest BCUT2D eigenvalue weighted by Gasteiger charge is 2.25. The minimum Gasteiger partial charge on any atom is -0.464 e. The lowest BCUT2D eigenvalue weighted by Gasteiger charge is -2.17. The van der Waals surface area contributed by atoms with Crippen LogP contribution in [0.15, 0.2) is 0 Å². The summed E-state index contributed by atoms with van der Waals surface area (Å²) in [6, 6.07) is 0. The summed E-state index contributed by atoms with van der Waals surface area (Å²) in [7, 11) is 0. The first kappa shape index (κ1) is 16.4. The summed E-state index contributed by atoms with van der Waals surface area (Å²) in [5.41, 5.74) is -1.37. The van der Waals surface area contributed by atoms with Crippen molar-refractivity contribution in [2.75, 3.05) is 6.61 Å². The monoisotopic (exact) mass is 244 g/mol. The molecule has 0 saturated heterocycles. The van der Waals surface area contributed by atoms with E-state index in [4.69, 9.17) is 4.74 Å². The van der Waals surface area contributed by atoms with Crippen molar-refractivity contribution < 1.29 is 14.6 Å². The molecule has 0 aliphatic heterocycles. The molecule has 1 N–H and O–H groups in total. The van der Waals surface area contributed by atoms with Gasteiger partial charge in [-0.3, -0.25) is 0 Å². The highest BCUT2D eigenvalue weighted by atomic mass is 16.5. The van der Waals surface area contributed by atoms with Crippen molar-refractivity contribution in [3.63, 3.8) is 0 Å². The summed E-state index contributed by atoms with van der Waals surface area (Å²) >= 11 is 0. The molecule has 0 bridgehead atoms. The van der Waals surface area contributed by atoms with Gasteiger partial charge in [-0.15, -0.1) is 0 Å². The summed E-state index contributed by atoms with van der Waals surface area (Å²) in [5, 5.41) is 9.38. The smallest absolute Gasteiger partial charge is 0.337 e. The van der Waals surface area contributed by atoms with Gasteiger partial charge in [0.2, 0.25) is 0 Å². The molecule has 3 heteroatoms. The Labute approximate surface area is 106 Å². The van der Waals surface area contributed by atoms with Crippen molar-refractivity contribution in [1.29, 1.82) is 0 Å². The van der Waals surface area contributed by atoms with Crippen LogP contribution in [0.2, 0.25) is 0 Å². The number of carbonyl (C=O) groups excluding carboxylic acids is 1. The molecule has 0 rings (SSSR count). The molecule has 0 aromatic carbocycles. The average molecular weight is 244 g/mol. The molecule has 102 valence electrons. The topological polar surface area (TPSA) is 46.5 Å². The van der Waals surface area contributed by atoms with Gasteiger partial charge < -0.3 is 9.84 Å². The van der Waals surface area contributed by atoms with Crippen LogP contribution in [0.25, 0.3) is 0 Å². The molecule has 3 nitrogen and oxygen atoms in total. The predicted molar refractivity (Wildman–Crippen MR) is 69.7 cm³/mol. The zero-order chi connectivity index (χ0) is 13.5. The van der Waals surface area contributed by atoms with E-state index in [2.05, 4.69) is 20.8 Å². The third kappa shape index (κ3) is 9.16. The van der Waals surface area contributed by atoms with Gasteiger partial charge in [0.1, 0.15) is 0 Å². The summed E-state index contributed by atoms with van der Waals surface area (Å²) in [6.07, 6.45) is 4.55. The summed E-state index contributed by atoms with van der Waals surface area (Å²) < 4.78 is 5.02. The molecule has 0 amide bonds. The lowest BCUT2D eigenvalue weighted by molar-refractivity contribution is -0.162. The van der Waals surface area contributed by atoms with E-state index in [-0.39, 0.29) is 0 Å². The van der Waals surface area contributed by atoms with Crippen molar-refractivity contribution in [1.82, 2.24) is 0 Å². The van der Waals surface area contributed by atoms with Gasteiger partial charge in [-0.2, -0.15) is 0 Å². The van der Waals surface area contributed by atoms with E-state index in [9.17, 15) is 9.90 Å². The molecule has 0 aromatic heterocycles. The van der Waals surface area contributed by atoms with Crippen LogP contribution in [-0.4, -0.2) is 23.3 Å². The van der Waals surface area contributed by atoms with Crippen LogP contribution in [0.4, 0.5) is 0 Å². The van der Waals surface area contributed by atoms with Crippen molar-refractivity contribution in [3.05, 3.63) is 0 Å². The van der Waals surface area contributed by atoms with Crippen LogP contribution in [0.5, 0.6) is 0 Å².